The van der Waals surface area contributed by atoms with Crippen LogP contribution in [0.4, 0.5) is 18.9 Å². The largest absolute Gasteiger partial charge is 0.416 e. The van der Waals surface area contributed by atoms with E-state index in [1.807, 2.05) is 6.07 Å². The number of alkyl halides is 3. The van der Waals surface area contributed by atoms with Crippen molar-refractivity contribution in [2.45, 2.75) is 30.8 Å². The van der Waals surface area contributed by atoms with Crippen LogP contribution in [-0.2, 0) is 16.6 Å². The first-order valence-electron chi connectivity index (χ1n) is 12.7. The highest BCUT2D eigenvalue weighted by molar-refractivity contribution is 7.80. The molecule has 3 aromatic carbocycles. The number of rotatable bonds is 3. The van der Waals surface area contributed by atoms with Gasteiger partial charge in [0.1, 0.15) is 0 Å². The second-order valence-electron chi connectivity index (χ2n) is 9.97. The van der Waals surface area contributed by atoms with Crippen molar-refractivity contribution in [1.29, 1.82) is 0 Å². The van der Waals surface area contributed by atoms with Gasteiger partial charge in [0.2, 0.25) is 6.17 Å². The summed E-state index contributed by atoms with van der Waals surface area (Å²) in [6.07, 6.45) is -5.32. The Bertz CT molecular complexity index is 1540. The van der Waals surface area contributed by atoms with Gasteiger partial charge in [-0.25, -0.2) is 4.99 Å². The summed E-state index contributed by atoms with van der Waals surface area (Å²) >= 11 is 18.5. The Morgan fingerprint density at radius 1 is 1.05 bits per heavy atom. The molecule has 41 heavy (non-hydrogen) atoms. The number of benzodiazepines with no additional fused rings is 1. The van der Waals surface area contributed by atoms with Gasteiger partial charge < -0.3 is 20.2 Å². The number of hydrogen-bond donors (Lipinski definition) is 2. The summed E-state index contributed by atoms with van der Waals surface area (Å²) in [5, 5.41) is 15.4. The van der Waals surface area contributed by atoms with E-state index in [-0.39, 0.29) is 42.5 Å². The first kappa shape index (κ1) is 29.3. The van der Waals surface area contributed by atoms with Crippen molar-refractivity contribution < 1.29 is 23.1 Å². The van der Waals surface area contributed by atoms with E-state index in [1.165, 1.54) is 17.0 Å². The van der Waals surface area contributed by atoms with Crippen LogP contribution in [0, 0.1) is 0 Å². The summed E-state index contributed by atoms with van der Waals surface area (Å²) in [4.78, 5) is 21.6. The van der Waals surface area contributed by atoms with Crippen LogP contribution in [0.25, 0.3) is 0 Å². The number of hydrogen-bond acceptors (Lipinski definition) is 4. The van der Waals surface area contributed by atoms with E-state index in [4.69, 9.17) is 40.4 Å². The van der Waals surface area contributed by atoms with Crippen LogP contribution in [-0.4, -0.2) is 53.0 Å². The Kier molecular flexibility index (Phi) is 8.04. The number of halogens is 5. The highest BCUT2D eigenvalue weighted by Crippen LogP contribution is 2.37. The Morgan fingerprint density at radius 3 is 2.44 bits per heavy atom. The van der Waals surface area contributed by atoms with Crippen LogP contribution < -0.4 is 10.2 Å². The SMILES string of the molecule is CN1C(=O)C(NC(=S)N2CCC(O)(c3cccc(C(F)(F)F)c3)CC2)N=C(c2ccccc2Cl)c2cc(Cl)ccc21. The normalized spacial score (nSPS) is 18.9. The van der Waals surface area contributed by atoms with Gasteiger partial charge in [0, 0.05) is 41.3 Å². The molecule has 0 aromatic heterocycles. The number of thiocarbonyl (C=S) groups is 1. The van der Waals surface area contributed by atoms with E-state index >= 15 is 0 Å². The number of aliphatic imine (C=N–C) groups is 1. The molecule has 2 N–H and O–H groups in total. The van der Waals surface area contributed by atoms with Crippen molar-refractivity contribution in [3.8, 4) is 0 Å². The minimum Gasteiger partial charge on any atom is -0.385 e. The monoisotopic (exact) mass is 620 g/mol. The molecule has 6 nitrogen and oxygen atoms in total. The van der Waals surface area contributed by atoms with Crippen LogP contribution in [0.1, 0.15) is 35.1 Å². The van der Waals surface area contributed by atoms with E-state index in [2.05, 4.69) is 5.32 Å². The van der Waals surface area contributed by atoms with Crippen molar-refractivity contribution in [3.05, 3.63) is 99.0 Å². The van der Waals surface area contributed by atoms with Gasteiger partial charge >= 0.3 is 6.18 Å². The number of amides is 1. The third kappa shape index (κ3) is 5.92. The molecule has 1 fully saturated rings. The van der Waals surface area contributed by atoms with Crippen molar-refractivity contribution in [2.75, 3.05) is 25.0 Å². The maximum atomic E-state index is 13.6. The predicted molar refractivity (Wildman–Crippen MR) is 158 cm³/mol. The number of nitrogens with one attached hydrogen (secondary N) is 1. The Balaban J connectivity index is 1.39. The van der Waals surface area contributed by atoms with Gasteiger partial charge in [0.25, 0.3) is 5.91 Å². The molecule has 12 heteroatoms. The van der Waals surface area contributed by atoms with E-state index in [0.29, 0.717) is 32.6 Å². The fraction of sp³-hybridized carbons (Fsp3) is 0.276. The van der Waals surface area contributed by atoms with Crippen LogP contribution in [0.5, 0.6) is 0 Å². The molecule has 2 aliphatic heterocycles. The van der Waals surface area contributed by atoms with Crippen LogP contribution in [0.15, 0.2) is 71.7 Å². The van der Waals surface area contributed by atoms with Gasteiger partial charge in [-0.05, 0) is 67.0 Å². The minimum atomic E-state index is -4.51. The molecular formula is C29H25Cl2F3N4O2S. The standard InChI is InChI=1S/C29H25Cl2F3N4O2S/c1-37-23-10-9-19(30)16-21(23)24(20-7-2-3-8-22(20)31)35-25(26(37)39)36-27(41)38-13-11-28(40,12-14-38)17-5-4-6-18(15-17)29(32,33)34/h2-10,15-16,25,40H,11-14H2,1H3,(H,36,41). The molecule has 1 unspecified atom stereocenters. The summed E-state index contributed by atoms with van der Waals surface area (Å²) in [6, 6.07) is 17.0. The predicted octanol–water partition coefficient (Wildman–Crippen LogP) is 6.01. The second kappa shape index (κ2) is 11.2. The van der Waals surface area contributed by atoms with Gasteiger partial charge in [-0.1, -0.05) is 53.5 Å². The summed E-state index contributed by atoms with van der Waals surface area (Å²) in [5.74, 6) is -0.365. The molecule has 5 rings (SSSR count). The second-order valence-corrected chi connectivity index (χ2v) is 11.2. The highest BCUT2D eigenvalue weighted by Gasteiger charge is 2.38. The minimum absolute atomic E-state index is 0.146. The maximum Gasteiger partial charge on any atom is 0.416 e. The van der Waals surface area contributed by atoms with E-state index < -0.39 is 23.5 Å². The number of piperidine rings is 1. The topological polar surface area (TPSA) is 68.2 Å². The lowest BCUT2D eigenvalue weighted by atomic mass is 9.84. The zero-order valence-corrected chi connectivity index (χ0v) is 24.1. The molecule has 0 radical (unpaired) electrons. The fourth-order valence-corrected chi connectivity index (χ4v) is 5.76. The third-order valence-electron chi connectivity index (χ3n) is 7.39. The molecule has 0 spiro atoms. The zero-order valence-electron chi connectivity index (χ0n) is 21.8. The number of nitrogens with zero attached hydrogens (tertiary/aromatic N) is 3. The summed E-state index contributed by atoms with van der Waals surface area (Å²) in [5.41, 5.74) is 0.247. The van der Waals surface area contributed by atoms with E-state index in [1.54, 1.807) is 48.3 Å². The summed E-state index contributed by atoms with van der Waals surface area (Å²) in [6.45, 7) is 0.512. The fourth-order valence-electron chi connectivity index (χ4n) is 5.07. The van der Waals surface area contributed by atoms with E-state index in [0.717, 1.165) is 12.1 Å². The highest BCUT2D eigenvalue weighted by atomic mass is 35.5. The van der Waals surface area contributed by atoms with Crippen molar-refractivity contribution >= 4 is 57.8 Å². The lowest BCUT2D eigenvalue weighted by molar-refractivity contribution is -0.137. The summed E-state index contributed by atoms with van der Waals surface area (Å²) in [7, 11) is 1.63. The number of likely N-dealkylation sites (tertiary alicyclic amines) is 1. The van der Waals surface area contributed by atoms with Crippen LogP contribution >= 0.6 is 35.4 Å². The van der Waals surface area contributed by atoms with Crippen molar-refractivity contribution in [1.82, 2.24) is 10.2 Å². The quantitative estimate of drug-likeness (QED) is 0.351. The number of aliphatic hydroxyl groups is 1. The van der Waals surface area contributed by atoms with Crippen LogP contribution in [0.3, 0.4) is 0 Å². The zero-order chi connectivity index (χ0) is 29.5. The number of likely N-dealkylation sites (N-methyl/N-ethyl adjacent to an activating group) is 1. The first-order valence-corrected chi connectivity index (χ1v) is 13.9. The molecule has 2 heterocycles. The van der Waals surface area contributed by atoms with Gasteiger partial charge in [0.15, 0.2) is 5.11 Å². The van der Waals surface area contributed by atoms with Crippen LogP contribution in [0.2, 0.25) is 10.0 Å². The van der Waals surface area contributed by atoms with Crippen molar-refractivity contribution in [2.24, 2.45) is 4.99 Å². The molecule has 0 aliphatic carbocycles. The smallest absolute Gasteiger partial charge is 0.385 e. The number of carbonyl (C=O) groups excluding carboxylic acids is 1. The molecule has 0 saturated carbocycles. The molecule has 3 aromatic rings. The van der Waals surface area contributed by atoms with Gasteiger partial charge in [-0.2, -0.15) is 13.2 Å². The van der Waals surface area contributed by atoms with E-state index in [9.17, 15) is 23.1 Å². The Hall–Kier alpha value is -3.18. The lowest BCUT2D eigenvalue weighted by Gasteiger charge is -2.40. The van der Waals surface area contributed by atoms with Gasteiger partial charge in [-0.3, -0.25) is 4.79 Å². The van der Waals surface area contributed by atoms with Crippen molar-refractivity contribution in [3.63, 3.8) is 0 Å². The molecule has 2 aliphatic rings. The Labute approximate surface area is 250 Å². The number of anilines is 1. The number of benzene rings is 3. The lowest BCUT2D eigenvalue weighted by Crippen LogP contribution is -2.53. The Morgan fingerprint density at radius 2 is 1.76 bits per heavy atom. The number of carbonyl (C=O) groups is 1. The summed E-state index contributed by atoms with van der Waals surface area (Å²) < 4.78 is 39.7. The molecule has 1 saturated heterocycles. The average molecular weight is 622 g/mol. The molecule has 1 atom stereocenters. The average Bonchev–Trinajstić information content (AvgIpc) is 3.03. The first-order chi connectivity index (χ1) is 19.4. The molecule has 214 valence electrons. The number of fused-ring (bicyclic) bond motifs is 1. The molecular weight excluding hydrogens is 596 g/mol. The molecule has 1 amide bonds. The third-order valence-corrected chi connectivity index (χ3v) is 8.33. The maximum absolute atomic E-state index is 13.6. The molecule has 0 bridgehead atoms. The van der Waals surface area contributed by atoms with Gasteiger partial charge in [0.05, 0.1) is 22.6 Å². The van der Waals surface area contributed by atoms with Gasteiger partial charge in [-0.15, -0.1) is 0 Å².